The number of carbonyl (C=O) groups excluding carboxylic acids is 1. The number of benzene rings is 2. The van der Waals surface area contributed by atoms with E-state index in [-0.39, 0.29) is 0 Å². The topological polar surface area (TPSA) is 61.6 Å². The average molecular weight is 438 g/mol. The third kappa shape index (κ3) is 6.12. The van der Waals surface area contributed by atoms with Crippen molar-refractivity contribution in [3.8, 4) is 23.0 Å². The van der Waals surface area contributed by atoms with Gasteiger partial charge >= 0.3 is 0 Å². The van der Waals surface area contributed by atoms with E-state index in [1.807, 2.05) is 31.2 Å². The van der Waals surface area contributed by atoms with Crippen molar-refractivity contribution in [3.63, 3.8) is 0 Å². The molecule has 5 nitrogen and oxygen atoms in total. The SMILES string of the molecule is CCCCCCOc1cc(-c2nc3c(C)cccc3o2)c(OCCCCCC)cc1C=O. The Balaban J connectivity index is 1.91. The zero-order valence-electron chi connectivity index (χ0n) is 19.6. The number of fused-ring (bicyclic) bond motifs is 1. The Morgan fingerprint density at radius 1 is 0.906 bits per heavy atom. The highest BCUT2D eigenvalue weighted by Crippen LogP contribution is 2.37. The first kappa shape index (κ1) is 23.8. The fourth-order valence-electron chi connectivity index (χ4n) is 3.70. The Morgan fingerprint density at radius 3 is 2.22 bits per heavy atom. The van der Waals surface area contributed by atoms with Crippen LogP contribution in [0.25, 0.3) is 22.6 Å². The van der Waals surface area contributed by atoms with Gasteiger partial charge in [0.25, 0.3) is 0 Å². The molecule has 1 aromatic heterocycles. The van der Waals surface area contributed by atoms with Crippen LogP contribution in [0.1, 0.15) is 81.1 Å². The van der Waals surface area contributed by atoms with E-state index >= 15 is 0 Å². The lowest BCUT2D eigenvalue weighted by atomic mass is 10.1. The van der Waals surface area contributed by atoms with E-state index < -0.39 is 0 Å². The van der Waals surface area contributed by atoms with Crippen LogP contribution < -0.4 is 9.47 Å². The maximum Gasteiger partial charge on any atom is 0.231 e. The number of ether oxygens (including phenoxy) is 2. The van der Waals surface area contributed by atoms with Gasteiger partial charge in [-0.1, -0.05) is 64.5 Å². The van der Waals surface area contributed by atoms with Gasteiger partial charge in [-0.3, -0.25) is 4.79 Å². The van der Waals surface area contributed by atoms with Crippen molar-refractivity contribution in [3.05, 3.63) is 41.5 Å². The molecule has 0 spiro atoms. The molecule has 2 aromatic carbocycles. The number of unbranched alkanes of at least 4 members (excludes halogenated alkanes) is 6. The third-order valence-corrected chi connectivity index (χ3v) is 5.60. The number of oxazole rings is 1. The molecule has 0 saturated carbocycles. The second-order valence-corrected chi connectivity index (χ2v) is 8.26. The largest absolute Gasteiger partial charge is 0.493 e. The quantitative estimate of drug-likeness (QED) is 0.193. The fraction of sp³-hybridized carbons (Fsp3) is 0.481. The van der Waals surface area contributed by atoms with Crippen LogP contribution in [0, 0.1) is 6.92 Å². The summed E-state index contributed by atoms with van der Waals surface area (Å²) >= 11 is 0. The molecular formula is C27H35NO4. The first-order valence-corrected chi connectivity index (χ1v) is 11.9. The number of nitrogens with zero attached hydrogens (tertiary/aromatic N) is 1. The summed E-state index contributed by atoms with van der Waals surface area (Å²) < 4.78 is 18.2. The zero-order chi connectivity index (χ0) is 22.8. The van der Waals surface area contributed by atoms with Gasteiger partial charge in [0.2, 0.25) is 5.89 Å². The van der Waals surface area contributed by atoms with Crippen molar-refractivity contribution in [2.45, 2.75) is 72.1 Å². The van der Waals surface area contributed by atoms with Gasteiger partial charge in [-0.05, 0) is 43.5 Å². The average Bonchev–Trinajstić information content (AvgIpc) is 3.24. The zero-order valence-corrected chi connectivity index (χ0v) is 19.6. The molecule has 0 radical (unpaired) electrons. The van der Waals surface area contributed by atoms with Gasteiger partial charge < -0.3 is 13.9 Å². The minimum absolute atomic E-state index is 0.478. The van der Waals surface area contributed by atoms with Crippen LogP contribution in [0.15, 0.2) is 34.7 Å². The summed E-state index contributed by atoms with van der Waals surface area (Å²) in [7, 11) is 0. The smallest absolute Gasteiger partial charge is 0.231 e. The van der Waals surface area contributed by atoms with Gasteiger partial charge in [-0.15, -0.1) is 0 Å². The predicted molar refractivity (Wildman–Crippen MR) is 129 cm³/mol. The molecule has 0 unspecified atom stereocenters. The van der Waals surface area contributed by atoms with Crippen molar-refractivity contribution < 1.29 is 18.7 Å². The highest BCUT2D eigenvalue weighted by molar-refractivity contribution is 5.85. The second-order valence-electron chi connectivity index (χ2n) is 8.26. The van der Waals surface area contributed by atoms with Gasteiger partial charge in [0.05, 0.1) is 24.3 Å². The molecule has 0 amide bonds. The minimum Gasteiger partial charge on any atom is -0.493 e. The molecule has 0 bridgehead atoms. The molecule has 32 heavy (non-hydrogen) atoms. The molecule has 0 aliphatic heterocycles. The van der Waals surface area contributed by atoms with Gasteiger partial charge in [0.1, 0.15) is 17.0 Å². The van der Waals surface area contributed by atoms with Gasteiger partial charge in [0.15, 0.2) is 11.9 Å². The standard InChI is InChI=1S/C27H35NO4/c1-4-6-8-10-15-30-24-18-22(27-28-26-20(3)13-12-14-23(26)32-27)25(17-21(24)19-29)31-16-11-9-7-5-2/h12-14,17-19H,4-11,15-16H2,1-3H3. The minimum atomic E-state index is 0.478. The van der Waals surface area contributed by atoms with Crippen LogP contribution in [0.3, 0.4) is 0 Å². The lowest BCUT2D eigenvalue weighted by molar-refractivity contribution is 0.111. The molecule has 172 valence electrons. The molecule has 0 aliphatic carbocycles. The number of aldehydes is 1. The van der Waals surface area contributed by atoms with E-state index in [4.69, 9.17) is 18.9 Å². The Hall–Kier alpha value is -2.82. The van der Waals surface area contributed by atoms with Crippen molar-refractivity contribution in [2.24, 2.45) is 0 Å². The van der Waals surface area contributed by atoms with Crippen LogP contribution in [-0.4, -0.2) is 24.5 Å². The Bertz CT molecular complexity index is 1010. The Morgan fingerprint density at radius 2 is 1.59 bits per heavy atom. The number of rotatable bonds is 14. The Kier molecular flexibility index (Phi) is 9.14. The molecule has 0 aliphatic rings. The highest BCUT2D eigenvalue weighted by Gasteiger charge is 2.19. The monoisotopic (exact) mass is 437 g/mol. The molecule has 0 saturated heterocycles. The maximum absolute atomic E-state index is 11.8. The van der Waals surface area contributed by atoms with Crippen LogP contribution >= 0.6 is 0 Å². The molecule has 5 heteroatoms. The number of aryl methyl sites for hydroxylation is 1. The van der Waals surface area contributed by atoms with E-state index in [9.17, 15) is 4.79 Å². The number of hydrogen-bond donors (Lipinski definition) is 0. The summed E-state index contributed by atoms with van der Waals surface area (Å²) in [6.45, 7) is 7.54. The van der Waals surface area contributed by atoms with Crippen molar-refractivity contribution in [1.29, 1.82) is 0 Å². The van der Waals surface area contributed by atoms with E-state index in [0.717, 1.165) is 48.6 Å². The summed E-state index contributed by atoms with van der Waals surface area (Å²) in [6, 6.07) is 9.48. The molecule has 1 heterocycles. The lowest BCUT2D eigenvalue weighted by Gasteiger charge is -2.14. The Labute approximate surface area is 191 Å². The highest BCUT2D eigenvalue weighted by atomic mass is 16.5. The third-order valence-electron chi connectivity index (χ3n) is 5.60. The molecule has 0 N–H and O–H groups in total. The number of aromatic nitrogens is 1. The molecular weight excluding hydrogens is 402 g/mol. The van der Waals surface area contributed by atoms with Crippen molar-refractivity contribution >= 4 is 17.4 Å². The fourth-order valence-corrected chi connectivity index (χ4v) is 3.70. The van der Waals surface area contributed by atoms with E-state index in [0.29, 0.717) is 41.7 Å². The summed E-state index contributed by atoms with van der Waals surface area (Å²) in [5.41, 5.74) is 3.81. The number of para-hydroxylation sites is 1. The lowest BCUT2D eigenvalue weighted by Crippen LogP contribution is -2.04. The normalized spacial score (nSPS) is 11.1. The molecule has 3 rings (SSSR count). The van der Waals surface area contributed by atoms with Crippen molar-refractivity contribution in [1.82, 2.24) is 4.98 Å². The van der Waals surface area contributed by atoms with E-state index in [2.05, 4.69) is 13.8 Å². The molecule has 3 aromatic rings. The van der Waals surface area contributed by atoms with Crippen LogP contribution in [-0.2, 0) is 0 Å². The van der Waals surface area contributed by atoms with Gasteiger partial charge in [-0.25, -0.2) is 4.98 Å². The summed E-state index contributed by atoms with van der Waals surface area (Å²) in [5, 5.41) is 0. The van der Waals surface area contributed by atoms with Gasteiger partial charge in [-0.2, -0.15) is 0 Å². The van der Waals surface area contributed by atoms with Crippen molar-refractivity contribution in [2.75, 3.05) is 13.2 Å². The molecule has 0 fully saturated rings. The van der Waals surface area contributed by atoms with Crippen LogP contribution in [0.2, 0.25) is 0 Å². The number of carbonyl (C=O) groups is 1. The first-order chi connectivity index (χ1) is 15.7. The molecule has 0 atom stereocenters. The number of hydrogen-bond acceptors (Lipinski definition) is 5. The summed E-state index contributed by atoms with van der Waals surface area (Å²) in [5.74, 6) is 1.63. The predicted octanol–water partition coefficient (Wildman–Crippen LogP) is 7.53. The second kappa shape index (κ2) is 12.3. The summed E-state index contributed by atoms with van der Waals surface area (Å²) in [6.07, 6.45) is 9.69. The van der Waals surface area contributed by atoms with Crippen LogP contribution in [0.4, 0.5) is 0 Å². The van der Waals surface area contributed by atoms with E-state index in [1.165, 1.54) is 25.7 Å². The summed E-state index contributed by atoms with van der Waals surface area (Å²) in [4.78, 5) is 16.5. The maximum atomic E-state index is 11.8. The van der Waals surface area contributed by atoms with Crippen LogP contribution in [0.5, 0.6) is 11.5 Å². The van der Waals surface area contributed by atoms with Gasteiger partial charge in [0, 0.05) is 0 Å². The van der Waals surface area contributed by atoms with E-state index in [1.54, 1.807) is 6.07 Å². The first-order valence-electron chi connectivity index (χ1n) is 11.9.